The molecule has 2 aromatic carbocycles. The summed E-state index contributed by atoms with van der Waals surface area (Å²) in [6, 6.07) is 31.0. The van der Waals surface area contributed by atoms with Gasteiger partial charge in [-0.15, -0.1) is 0 Å². The Labute approximate surface area is 257 Å². The van der Waals surface area contributed by atoms with Gasteiger partial charge in [0, 0.05) is 12.4 Å². The predicted octanol–water partition coefficient (Wildman–Crippen LogP) is 7.65. The zero-order valence-electron chi connectivity index (χ0n) is 25.3. The molecule has 5 aromatic rings. The standard InChI is InChI=1S/C37H33N5O2/c1-36(2)22-40-34(43-36)27-14-16-30(38-20-27)32-18-29(26-12-10-25(11-13-26)24-8-6-5-7-9-24)19-33(42-32)31-17-15-28(21-39-31)35-41-23-37(3,4)44-35/h5-21H,22-23H2,1-4H3. The lowest BCUT2D eigenvalue weighted by Gasteiger charge is -2.17. The van der Waals surface area contributed by atoms with Gasteiger partial charge in [0.15, 0.2) is 0 Å². The van der Waals surface area contributed by atoms with Gasteiger partial charge in [-0.05, 0) is 86.3 Å². The number of aromatic nitrogens is 3. The molecule has 0 amide bonds. The third kappa shape index (κ3) is 5.73. The Morgan fingerprint density at radius 2 is 0.909 bits per heavy atom. The van der Waals surface area contributed by atoms with E-state index in [1.807, 2.05) is 58.0 Å². The second kappa shape index (κ2) is 10.8. The first-order valence-electron chi connectivity index (χ1n) is 14.8. The second-order valence-corrected chi connectivity index (χ2v) is 12.4. The molecular weight excluding hydrogens is 546 g/mol. The maximum Gasteiger partial charge on any atom is 0.218 e. The number of benzene rings is 2. The molecule has 0 bridgehead atoms. The molecule has 218 valence electrons. The Kier molecular flexibility index (Phi) is 6.81. The van der Waals surface area contributed by atoms with Gasteiger partial charge in [-0.25, -0.2) is 15.0 Å². The van der Waals surface area contributed by atoms with Crippen LogP contribution in [0.4, 0.5) is 0 Å². The van der Waals surface area contributed by atoms with E-state index in [4.69, 9.17) is 24.4 Å². The predicted molar refractivity (Wildman–Crippen MR) is 175 cm³/mol. The largest absolute Gasteiger partial charge is 0.469 e. The SMILES string of the molecule is CC1(C)CN=C(c2ccc(-c3cc(-c4ccc(-c5ccccc5)cc4)cc(-c4ccc(C5=NCC(C)(C)O5)cn4)n3)nc2)O1. The molecule has 3 aromatic heterocycles. The monoisotopic (exact) mass is 579 g/mol. The van der Waals surface area contributed by atoms with E-state index < -0.39 is 0 Å². The van der Waals surface area contributed by atoms with Crippen LogP contribution in [0, 0.1) is 0 Å². The van der Waals surface area contributed by atoms with E-state index in [0.29, 0.717) is 24.9 Å². The van der Waals surface area contributed by atoms with E-state index in [2.05, 4.69) is 70.6 Å². The fraction of sp³-hybridized carbons (Fsp3) is 0.216. The van der Waals surface area contributed by atoms with Gasteiger partial charge in [0.1, 0.15) is 11.2 Å². The number of rotatable bonds is 6. The van der Waals surface area contributed by atoms with Crippen LogP contribution in [0.5, 0.6) is 0 Å². The third-order valence-corrected chi connectivity index (χ3v) is 7.65. The number of nitrogens with zero attached hydrogens (tertiary/aromatic N) is 5. The molecule has 7 rings (SSSR count). The molecule has 44 heavy (non-hydrogen) atoms. The minimum atomic E-state index is -0.301. The quantitative estimate of drug-likeness (QED) is 0.206. The van der Waals surface area contributed by atoms with Crippen LogP contribution in [0.1, 0.15) is 38.8 Å². The van der Waals surface area contributed by atoms with E-state index in [0.717, 1.165) is 45.0 Å². The van der Waals surface area contributed by atoms with Gasteiger partial charge in [0.2, 0.25) is 11.8 Å². The van der Waals surface area contributed by atoms with Crippen molar-refractivity contribution >= 4 is 11.8 Å². The molecular formula is C37H33N5O2. The van der Waals surface area contributed by atoms with Crippen molar-refractivity contribution in [1.29, 1.82) is 0 Å². The minimum absolute atomic E-state index is 0.301. The zero-order chi connectivity index (χ0) is 30.3. The van der Waals surface area contributed by atoms with Gasteiger partial charge in [-0.3, -0.25) is 9.97 Å². The Hall–Kier alpha value is -5.17. The zero-order valence-corrected chi connectivity index (χ0v) is 25.3. The number of aliphatic imine (C=N–C) groups is 2. The summed E-state index contributed by atoms with van der Waals surface area (Å²) in [5.41, 5.74) is 8.56. The number of hydrogen-bond acceptors (Lipinski definition) is 7. The molecule has 0 aliphatic carbocycles. The molecule has 2 aliphatic rings. The first-order chi connectivity index (χ1) is 21.2. The van der Waals surface area contributed by atoms with E-state index in [1.54, 1.807) is 12.4 Å². The lowest BCUT2D eigenvalue weighted by molar-refractivity contribution is 0.131. The first kappa shape index (κ1) is 27.7. The summed E-state index contributed by atoms with van der Waals surface area (Å²) in [4.78, 5) is 23.7. The topological polar surface area (TPSA) is 81.9 Å². The van der Waals surface area contributed by atoms with Crippen molar-refractivity contribution < 1.29 is 9.47 Å². The number of hydrogen-bond donors (Lipinski definition) is 0. The highest BCUT2D eigenvalue weighted by Crippen LogP contribution is 2.31. The van der Waals surface area contributed by atoms with Crippen LogP contribution >= 0.6 is 0 Å². The maximum atomic E-state index is 6.00. The van der Waals surface area contributed by atoms with Gasteiger partial charge in [0.05, 0.1) is 47.0 Å². The lowest BCUT2D eigenvalue weighted by Crippen LogP contribution is -2.24. The molecule has 5 heterocycles. The van der Waals surface area contributed by atoms with Crippen LogP contribution in [-0.4, -0.2) is 51.0 Å². The highest BCUT2D eigenvalue weighted by Gasteiger charge is 2.29. The van der Waals surface area contributed by atoms with Crippen LogP contribution in [0.3, 0.4) is 0 Å². The normalized spacial score (nSPS) is 16.5. The molecule has 0 atom stereocenters. The summed E-state index contributed by atoms with van der Waals surface area (Å²) in [6.07, 6.45) is 3.60. The van der Waals surface area contributed by atoms with E-state index in [-0.39, 0.29) is 11.2 Å². The lowest BCUT2D eigenvalue weighted by atomic mass is 9.99. The van der Waals surface area contributed by atoms with E-state index in [9.17, 15) is 0 Å². The van der Waals surface area contributed by atoms with Crippen molar-refractivity contribution in [2.24, 2.45) is 9.98 Å². The van der Waals surface area contributed by atoms with Crippen LogP contribution in [0.25, 0.3) is 45.0 Å². The molecule has 0 spiro atoms. The molecule has 0 unspecified atom stereocenters. The van der Waals surface area contributed by atoms with E-state index in [1.165, 1.54) is 11.1 Å². The fourth-order valence-electron chi connectivity index (χ4n) is 5.27. The number of ether oxygens (including phenoxy) is 2. The molecule has 0 radical (unpaired) electrons. The average molecular weight is 580 g/mol. The Morgan fingerprint density at radius 3 is 1.32 bits per heavy atom. The fourth-order valence-corrected chi connectivity index (χ4v) is 5.27. The highest BCUT2D eigenvalue weighted by molar-refractivity contribution is 5.96. The summed E-state index contributed by atoms with van der Waals surface area (Å²) < 4.78 is 12.0. The summed E-state index contributed by atoms with van der Waals surface area (Å²) in [7, 11) is 0. The smallest absolute Gasteiger partial charge is 0.218 e. The van der Waals surface area contributed by atoms with Crippen LogP contribution in [0.15, 0.2) is 113 Å². The molecule has 0 N–H and O–H groups in total. The van der Waals surface area contributed by atoms with Crippen molar-refractivity contribution in [3.63, 3.8) is 0 Å². The van der Waals surface area contributed by atoms with Gasteiger partial charge in [-0.1, -0.05) is 54.6 Å². The van der Waals surface area contributed by atoms with Crippen molar-refractivity contribution in [1.82, 2.24) is 15.0 Å². The van der Waals surface area contributed by atoms with Gasteiger partial charge in [-0.2, -0.15) is 0 Å². The van der Waals surface area contributed by atoms with Gasteiger partial charge < -0.3 is 9.47 Å². The second-order valence-electron chi connectivity index (χ2n) is 12.4. The Bertz CT molecular complexity index is 1780. The van der Waals surface area contributed by atoms with Crippen molar-refractivity contribution in [2.45, 2.75) is 38.9 Å². The van der Waals surface area contributed by atoms with Gasteiger partial charge in [0.25, 0.3) is 0 Å². The molecule has 0 saturated heterocycles. The van der Waals surface area contributed by atoms with Crippen molar-refractivity contribution in [3.05, 3.63) is 115 Å². The third-order valence-electron chi connectivity index (χ3n) is 7.65. The van der Waals surface area contributed by atoms with Gasteiger partial charge >= 0.3 is 0 Å². The minimum Gasteiger partial charge on any atom is -0.469 e. The first-order valence-corrected chi connectivity index (χ1v) is 14.8. The highest BCUT2D eigenvalue weighted by atomic mass is 16.5. The summed E-state index contributed by atoms with van der Waals surface area (Å²) >= 11 is 0. The average Bonchev–Trinajstić information content (AvgIpc) is 3.62. The Balaban J connectivity index is 1.25. The van der Waals surface area contributed by atoms with Crippen LogP contribution < -0.4 is 0 Å². The van der Waals surface area contributed by atoms with E-state index >= 15 is 0 Å². The molecule has 7 heteroatoms. The maximum absolute atomic E-state index is 6.00. The van der Waals surface area contributed by atoms with Crippen molar-refractivity contribution in [3.8, 4) is 45.0 Å². The van der Waals surface area contributed by atoms with Crippen LogP contribution in [0.2, 0.25) is 0 Å². The molecule has 0 fully saturated rings. The molecule has 0 saturated carbocycles. The molecule has 7 nitrogen and oxygen atoms in total. The summed E-state index contributed by atoms with van der Waals surface area (Å²) in [5.74, 6) is 1.25. The van der Waals surface area contributed by atoms with Crippen molar-refractivity contribution in [2.75, 3.05) is 13.1 Å². The Morgan fingerprint density at radius 1 is 0.477 bits per heavy atom. The summed E-state index contributed by atoms with van der Waals surface area (Å²) in [6.45, 7) is 9.38. The summed E-state index contributed by atoms with van der Waals surface area (Å²) in [5, 5.41) is 0. The number of pyridine rings is 3. The van der Waals surface area contributed by atoms with Crippen LogP contribution in [-0.2, 0) is 9.47 Å². The molecule has 2 aliphatic heterocycles.